The van der Waals surface area contributed by atoms with Crippen LogP contribution in [0.25, 0.3) is 5.65 Å². The van der Waals surface area contributed by atoms with Gasteiger partial charge in [-0.15, -0.1) is 0 Å². The summed E-state index contributed by atoms with van der Waals surface area (Å²) < 4.78 is 36.5. The quantitative estimate of drug-likeness (QED) is 0.585. The van der Waals surface area contributed by atoms with E-state index in [0.29, 0.717) is 4.90 Å². The average Bonchev–Trinajstić information content (AvgIpc) is 2.94. The molecule has 29 heavy (non-hydrogen) atoms. The molecule has 0 spiro atoms. The van der Waals surface area contributed by atoms with Gasteiger partial charge in [-0.25, -0.2) is 23.0 Å². The van der Waals surface area contributed by atoms with E-state index >= 15 is 0 Å². The summed E-state index contributed by atoms with van der Waals surface area (Å²) in [6.07, 6.45) is 1.58. The minimum absolute atomic E-state index is 0.117. The molecule has 10 nitrogen and oxygen atoms in total. The number of carbonyl (C=O) groups excluding carboxylic acids is 2. The molecule has 160 valence electrons. The summed E-state index contributed by atoms with van der Waals surface area (Å²) in [6.45, 7) is 9.75. The molecule has 2 amide bonds. The van der Waals surface area contributed by atoms with Gasteiger partial charge in [0, 0.05) is 18.6 Å². The summed E-state index contributed by atoms with van der Waals surface area (Å²) in [5.41, 5.74) is -1.71. The van der Waals surface area contributed by atoms with Crippen molar-refractivity contribution in [1.29, 1.82) is 0 Å². The Hall–Kier alpha value is -2.21. The second-order valence-electron chi connectivity index (χ2n) is 8.22. The van der Waals surface area contributed by atoms with Crippen LogP contribution in [0.3, 0.4) is 0 Å². The lowest BCUT2D eigenvalue weighted by Crippen LogP contribution is -2.44. The van der Waals surface area contributed by atoms with E-state index in [1.807, 2.05) is 0 Å². The molecule has 0 aliphatic rings. The van der Waals surface area contributed by atoms with Crippen LogP contribution in [0, 0.1) is 0 Å². The monoisotopic (exact) mass is 490 g/mol. The van der Waals surface area contributed by atoms with Crippen molar-refractivity contribution in [3.8, 4) is 0 Å². The fourth-order valence-corrected chi connectivity index (χ4v) is 3.50. The third-order valence-corrected chi connectivity index (χ3v) is 4.80. The number of aromatic nitrogens is 3. The van der Waals surface area contributed by atoms with E-state index in [0.717, 1.165) is 6.26 Å². The highest BCUT2D eigenvalue weighted by atomic mass is 79.9. The lowest BCUT2D eigenvalue weighted by molar-refractivity contribution is 0.0428. The summed E-state index contributed by atoms with van der Waals surface area (Å²) in [6, 6.07) is 0. The molecule has 0 unspecified atom stereocenters. The Labute approximate surface area is 177 Å². The Morgan fingerprint density at radius 3 is 1.97 bits per heavy atom. The number of anilines is 1. The molecule has 0 N–H and O–H groups in total. The molecule has 0 fully saturated rings. The van der Waals surface area contributed by atoms with Crippen LogP contribution in [0.1, 0.15) is 41.5 Å². The number of carbonyl (C=O) groups is 2. The Kier molecular flexibility index (Phi) is 6.01. The van der Waals surface area contributed by atoms with Gasteiger partial charge < -0.3 is 9.47 Å². The maximum absolute atomic E-state index is 12.8. The third-order valence-electron chi connectivity index (χ3n) is 3.14. The van der Waals surface area contributed by atoms with Crippen LogP contribution < -0.4 is 4.90 Å². The largest absolute Gasteiger partial charge is 0.443 e. The number of sulfone groups is 1. The number of rotatable bonds is 2. The van der Waals surface area contributed by atoms with E-state index < -0.39 is 38.4 Å². The van der Waals surface area contributed by atoms with E-state index in [1.54, 1.807) is 41.5 Å². The number of fused-ring (bicyclic) bond motifs is 1. The molecule has 12 heteroatoms. The second kappa shape index (κ2) is 7.56. The van der Waals surface area contributed by atoms with Crippen molar-refractivity contribution in [2.24, 2.45) is 0 Å². The molecule has 0 saturated carbocycles. The zero-order valence-electron chi connectivity index (χ0n) is 17.2. The fraction of sp³-hybridized carbons (Fsp3) is 0.529. The highest BCUT2D eigenvalue weighted by Gasteiger charge is 2.36. The lowest BCUT2D eigenvalue weighted by Gasteiger charge is -2.28. The average molecular weight is 491 g/mol. The molecule has 0 aliphatic heterocycles. The predicted molar refractivity (Wildman–Crippen MR) is 109 cm³/mol. The van der Waals surface area contributed by atoms with E-state index in [9.17, 15) is 18.0 Å². The SMILES string of the molecule is CC(C)(C)OC(=O)N(C(=O)OC(C)(C)C)c1nc(S(C)(=O)=O)n2ccnc2c1Br. The van der Waals surface area contributed by atoms with E-state index in [1.165, 1.54) is 16.8 Å². The van der Waals surface area contributed by atoms with Gasteiger partial charge >= 0.3 is 12.2 Å². The lowest BCUT2D eigenvalue weighted by atomic mass is 10.2. The first-order valence-electron chi connectivity index (χ1n) is 8.50. The second-order valence-corrected chi connectivity index (χ2v) is 10.9. The summed E-state index contributed by atoms with van der Waals surface area (Å²) in [7, 11) is -3.83. The topological polar surface area (TPSA) is 120 Å². The molecule has 0 radical (unpaired) electrons. The molecule has 0 atom stereocenters. The van der Waals surface area contributed by atoms with Gasteiger partial charge in [-0.3, -0.25) is 4.40 Å². The van der Waals surface area contributed by atoms with Crippen molar-refractivity contribution in [2.75, 3.05) is 11.2 Å². The van der Waals surface area contributed by atoms with Gasteiger partial charge in [0.05, 0.1) is 0 Å². The van der Waals surface area contributed by atoms with Gasteiger partial charge in [-0.05, 0) is 57.5 Å². The Balaban J connectivity index is 2.76. The molecule has 2 aromatic heterocycles. The van der Waals surface area contributed by atoms with Crippen LogP contribution >= 0.6 is 15.9 Å². The highest BCUT2D eigenvalue weighted by Crippen LogP contribution is 2.32. The maximum atomic E-state index is 12.8. The van der Waals surface area contributed by atoms with Gasteiger partial charge in [0.2, 0.25) is 15.0 Å². The molecule has 0 saturated heterocycles. The minimum Gasteiger partial charge on any atom is -0.443 e. The van der Waals surface area contributed by atoms with Crippen LogP contribution in [-0.4, -0.2) is 52.4 Å². The first-order chi connectivity index (χ1) is 13.0. The van der Waals surface area contributed by atoms with Gasteiger partial charge in [-0.1, -0.05) is 0 Å². The van der Waals surface area contributed by atoms with Gasteiger partial charge in [0.1, 0.15) is 15.7 Å². The molecule has 0 bridgehead atoms. The number of halogens is 1. The van der Waals surface area contributed by atoms with Crippen molar-refractivity contribution < 1.29 is 27.5 Å². The number of hydrogen-bond acceptors (Lipinski definition) is 8. The molecule has 2 rings (SSSR count). The van der Waals surface area contributed by atoms with Crippen LogP contribution in [0.4, 0.5) is 15.4 Å². The van der Waals surface area contributed by atoms with Crippen molar-refractivity contribution >= 4 is 49.4 Å². The summed E-state index contributed by atoms with van der Waals surface area (Å²) in [5.74, 6) is -0.312. The predicted octanol–water partition coefficient (Wildman–Crippen LogP) is 3.57. The van der Waals surface area contributed by atoms with E-state index in [4.69, 9.17) is 9.47 Å². The van der Waals surface area contributed by atoms with Crippen LogP contribution in [-0.2, 0) is 19.3 Å². The summed E-state index contributed by atoms with van der Waals surface area (Å²) in [5, 5.41) is -0.402. The van der Waals surface area contributed by atoms with Crippen molar-refractivity contribution in [1.82, 2.24) is 14.4 Å². The zero-order valence-corrected chi connectivity index (χ0v) is 19.6. The fourth-order valence-electron chi connectivity index (χ4n) is 2.19. The molecular formula is C17H23BrN4O6S. The normalized spacial score (nSPS) is 12.7. The Bertz CT molecular complexity index is 1040. The van der Waals surface area contributed by atoms with E-state index in [2.05, 4.69) is 25.9 Å². The third kappa shape index (κ3) is 5.44. The van der Waals surface area contributed by atoms with Crippen molar-refractivity contribution in [2.45, 2.75) is 57.9 Å². The molecule has 2 aromatic rings. The first-order valence-corrected chi connectivity index (χ1v) is 11.2. The van der Waals surface area contributed by atoms with Gasteiger partial charge in [-0.2, -0.15) is 9.88 Å². The minimum atomic E-state index is -3.83. The number of nitrogens with zero attached hydrogens (tertiary/aromatic N) is 4. The molecule has 0 aliphatic carbocycles. The first kappa shape index (κ1) is 23.1. The number of amides is 2. The zero-order chi connectivity index (χ0) is 22.4. The van der Waals surface area contributed by atoms with Crippen LogP contribution in [0.15, 0.2) is 22.0 Å². The van der Waals surface area contributed by atoms with Crippen molar-refractivity contribution in [3.05, 3.63) is 16.9 Å². The summed E-state index contributed by atoms with van der Waals surface area (Å²) >= 11 is 3.26. The number of hydrogen-bond donors (Lipinski definition) is 0. The molecular weight excluding hydrogens is 468 g/mol. The van der Waals surface area contributed by atoms with E-state index in [-0.39, 0.29) is 15.9 Å². The van der Waals surface area contributed by atoms with Gasteiger partial charge in [0.25, 0.3) is 0 Å². The van der Waals surface area contributed by atoms with Crippen LogP contribution in [0.5, 0.6) is 0 Å². The number of ether oxygens (including phenoxy) is 2. The standard InChI is InChI=1S/C17H23BrN4O6S/c1-16(2,3)27-14(23)22(15(24)28-17(4,5)6)12-10(18)11-19-8-9-21(11)13(20-12)29(7,25)26/h8-9H,1-7H3. The smallest absolute Gasteiger partial charge is 0.425 e. The summed E-state index contributed by atoms with van der Waals surface area (Å²) in [4.78, 5) is 34.4. The maximum Gasteiger partial charge on any atom is 0.425 e. The van der Waals surface area contributed by atoms with Crippen molar-refractivity contribution in [3.63, 3.8) is 0 Å². The van der Waals surface area contributed by atoms with Crippen LogP contribution in [0.2, 0.25) is 0 Å². The highest BCUT2D eigenvalue weighted by molar-refractivity contribution is 9.10. The molecule has 2 heterocycles. The Morgan fingerprint density at radius 2 is 1.55 bits per heavy atom. The Morgan fingerprint density at radius 1 is 1.07 bits per heavy atom. The number of imide groups is 1. The van der Waals surface area contributed by atoms with Gasteiger partial charge in [0.15, 0.2) is 11.5 Å². The number of imidazole rings is 1. The molecule has 0 aromatic carbocycles.